The van der Waals surface area contributed by atoms with Crippen LogP contribution in [-0.4, -0.2) is 43.3 Å². The van der Waals surface area contributed by atoms with Crippen LogP contribution < -0.4 is 4.74 Å². The van der Waals surface area contributed by atoms with Crippen LogP contribution >= 0.6 is 0 Å². The van der Waals surface area contributed by atoms with E-state index in [2.05, 4.69) is 11.9 Å². The molecule has 0 radical (unpaired) electrons. The SMILES string of the molecule is CCc1ccccc1[C@@H]1OC(c2ccc(OCCCO)cc2)=N[C@H]1C(=O)OC. The zero-order chi connectivity index (χ0) is 19.9. The molecule has 0 spiro atoms. The van der Waals surface area contributed by atoms with Gasteiger partial charge in [-0.05, 0) is 41.8 Å². The monoisotopic (exact) mass is 383 g/mol. The molecular weight excluding hydrogens is 358 g/mol. The van der Waals surface area contributed by atoms with Gasteiger partial charge < -0.3 is 19.3 Å². The Hall–Kier alpha value is -2.86. The van der Waals surface area contributed by atoms with Crippen LogP contribution in [0.4, 0.5) is 0 Å². The third kappa shape index (κ3) is 4.34. The van der Waals surface area contributed by atoms with Gasteiger partial charge in [-0.2, -0.15) is 0 Å². The van der Waals surface area contributed by atoms with E-state index in [1.807, 2.05) is 48.5 Å². The van der Waals surface area contributed by atoms with Gasteiger partial charge in [0.1, 0.15) is 5.75 Å². The van der Waals surface area contributed by atoms with Crippen LogP contribution in [0.3, 0.4) is 0 Å². The number of nitrogens with zero attached hydrogens (tertiary/aromatic N) is 1. The summed E-state index contributed by atoms with van der Waals surface area (Å²) in [5, 5.41) is 8.83. The second-order valence-corrected chi connectivity index (χ2v) is 6.44. The standard InChI is InChI=1S/C22H25NO5/c1-3-15-7-4-5-8-18(15)20-19(22(25)26-2)23-21(28-20)16-9-11-17(12-10-16)27-14-6-13-24/h4-5,7-12,19-20,24H,3,6,13-14H2,1-2H3/t19-,20+/m1/s1. The molecule has 148 valence electrons. The molecule has 0 bridgehead atoms. The Bertz CT molecular complexity index is 831. The summed E-state index contributed by atoms with van der Waals surface area (Å²) in [4.78, 5) is 16.8. The van der Waals surface area contributed by atoms with Crippen molar-refractivity contribution in [2.24, 2.45) is 4.99 Å². The number of aliphatic hydroxyl groups is 1. The van der Waals surface area contributed by atoms with Gasteiger partial charge in [0.2, 0.25) is 5.90 Å². The Labute approximate surface area is 164 Å². The maximum atomic E-state index is 12.3. The topological polar surface area (TPSA) is 77.4 Å². The van der Waals surface area contributed by atoms with Crippen LogP contribution in [0.15, 0.2) is 53.5 Å². The summed E-state index contributed by atoms with van der Waals surface area (Å²) in [6.07, 6.45) is 0.898. The van der Waals surface area contributed by atoms with E-state index in [0.29, 0.717) is 24.7 Å². The van der Waals surface area contributed by atoms with Crippen LogP contribution in [0.1, 0.15) is 36.1 Å². The van der Waals surface area contributed by atoms with Crippen molar-refractivity contribution >= 4 is 11.9 Å². The number of carbonyl (C=O) groups is 1. The number of ether oxygens (including phenoxy) is 3. The van der Waals surface area contributed by atoms with Crippen molar-refractivity contribution in [3.63, 3.8) is 0 Å². The van der Waals surface area contributed by atoms with E-state index in [9.17, 15) is 4.79 Å². The number of aliphatic hydroxyl groups excluding tert-OH is 1. The third-order valence-electron chi connectivity index (χ3n) is 4.64. The number of rotatable bonds is 8. The molecule has 2 aromatic carbocycles. The molecule has 2 aromatic rings. The minimum absolute atomic E-state index is 0.0955. The number of hydrogen-bond acceptors (Lipinski definition) is 6. The third-order valence-corrected chi connectivity index (χ3v) is 4.64. The number of benzene rings is 2. The molecule has 6 nitrogen and oxygen atoms in total. The van der Waals surface area contributed by atoms with Crippen molar-refractivity contribution in [3.8, 4) is 5.75 Å². The fraction of sp³-hybridized carbons (Fsp3) is 0.364. The van der Waals surface area contributed by atoms with E-state index in [1.165, 1.54) is 7.11 Å². The fourth-order valence-electron chi connectivity index (χ4n) is 3.16. The van der Waals surface area contributed by atoms with Gasteiger partial charge in [-0.25, -0.2) is 9.79 Å². The minimum Gasteiger partial charge on any atom is -0.494 e. The molecule has 0 amide bonds. The predicted molar refractivity (Wildman–Crippen MR) is 106 cm³/mol. The number of esters is 1. The highest BCUT2D eigenvalue weighted by Crippen LogP contribution is 2.34. The Morgan fingerprint density at radius 1 is 1.18 bits per heavy atom. The van der Waals surface area contributed by atoms with Gasteiger partial charge in [0.05, 0.1) is 13.7 Å². The molecule has 1 aliphatic heterocycles. The van der Waals surface area contributed by atoms with Crippen molar-refractivity contribution in [2.45, 2.75) is 31.9 Å². The molecular formula is C22H25NO5. The molecule has 1 N–H and O–H groups in total. The van der Waals surface area contributed by atoms with Crippen LogP contribution in [0.5, 0.6) is 5.75 Å². The second kappa shape index (κ2) is 9.37. The normalized spacial score (nSPS) is 18.3. The first-order valence-electron chi connectivity index (χ1n) is 9.42. The van der Waals surface area contributed by atoms with E-state index >= 15 is 0 Å². The van der Waals surface area contributed by atoms with Crippen molar-refractivity contribution in [2.75, 3.05) is 20.3 Å². The molecule has 0 aliphatic carbocycles. The Balaban J connectivity index is 1.83. The summed E-state index contributed by atoms with van der Waals surface area (Å²) in [6, 6.07) is 14.5. The summed E-state index contributed by atoms with van der Waals surface area (Å²) in [7, 11) is 1.36. The first-order valence-corrected chi connectivity index (χ1v) is 9.42. The Morgan fingerprint density at radius 2 is 1.93 bits per heavy atom. The van der Waals surface area contributed by atoms with Crippen LogP contribution in [0.25, 0.3) is 0 Å². The maximum absolute atomic E-state index is 12.3. The smallest absolute Gasteiger partial charge is 0.335 e. The zero-order valence-corrected chi connectivity index (χ0v) is 16.1. The van der Waals surface area contributed by atoms with Gasteiger partial charge in [-0.1, -0.05) is 31.2 Å². The summed E-state index contributed by atoms with van der Waals surface area (Å²) >= 11 is 0. The van der Waals surface area contributed by atoms with Gasteiger partial charge in [0, 0.05) is 18.6 Å². The lowest BCUT2D eigenvalue weighted by Gasteiger charge is -2.19. The molecule has 0 saturated carbocycles. The van der Waals surface area contributed by atoms with E-state index in [4.69, 9.17) is 19.3 Å². The lowest BCUT2D eigenvalue weighted by atomic mass is 9.96. The van der Waals surface area contributed by atoms with Gasteiger partial charge in [0.15, 0.2) is 12.1 Å². The van der Waals surface area contributed by atoms with Gasteiger partial charge >= 0.3 is 5.97 Å². The lowest BCUT2D eigenvalue weighted by molar-refractivity contribution is -0.143. The summed E-state index contributed by atoms with van der Waals surface area (Å²) in [5.41, 5.74) is 2.83. The molecule has 2 atom stereocenters. The number of hydrogen-bond donors (Lipinski definition) is 1. The second-order valence-electron chi connectivity index (χ2n) is 6.44. The number of aliphatic imine (C=N–C) groups is 1. The zero-order valence-electron chi connectivity index (χ0n) is 16.1. The minimum atomic E-state index is -0.742. The predicted octanol–water partition coefficient (Wildman–Crippen LogP) is 3.07. The van der Waals surface area contributed by atoms with E-state index in [1.54, 1.807) is 0 Å². The number of methoxy groups -OCH3 is 1. The van der Waals surface area contributed by atoms with Crippen molar-refractivity contribution in [3.05, 3.63) is 65.2 Å². The summed E-state index contributed by atoms with van der Waals surface area (Å²) < 4.78 is 16.6. The van der Waals surface area contributed by atoms with Gasteiger partial charge in [0.25, 0.3) is 0 Å². The lowest BCUT2D eigenvalue weighted by Crippen LogP contribution is -2.26. The first kappa shape index (κ1) is 19.9. The van der Waals surface area contributed by atoms with Crippen molar-refractivity contribution < 1.29 is 24.1 Å². The van der Waals surface area contributed by atoms with Crippen LogP contribution in [0, 0.1) is 0 Å². The van der Waals surface area contributed by atoms with E-state index in [0.717, 1.165) is 23.1 Å². The summed E-state index contributed by atoms with van der Waals surface area (Å²) in [5.74, 6) is 0.691. The average Bonchev–Trinajstić information content (AvgIpc) is 3.19. The molecule has 0 saturated heterocycles. The fourth-order valence-corrected chi connectivity index (χ4v) is 3.16. The van der Waals surface area contributed by atoms with Crippen LogP contribution in [-0.2, 0) is 20.7 Å². The van der Waals surface area contributed by atoms with Gasteiger partial charge in [-0.3, -0.25) is 0 Å². The molecule has 3 rings (SSSR count). The maximum Gasteiger partial charge on any atom is 0.335 e. The summed E-state index contributed by atoms with van der Waals surface area (Å²) in [6.45, 7) is 2.62. The molecule has 0 fully saturated rings. The molecule has 1 aliphatic rings. The molecule has 0 aromatic heterocycles. The first-order chi connectivity index (χ1) is 13.7. The largest absolute Gasteiger partial charge is 0.494 e. The Morgan fingerprint density at radius 3 is 2.61 bits per heavy atom. The highest BCUT2D eigenvalue weighted by atomic mass is 16.5. The average molecular weight is 383 g/mol. The van der Waals surface area contributed by atoms with Crippen molar-refractivity contribution in [1.29, 1.82) is 0 Å². The number of aryl methyl sites for hydroxylation is 1. The molecule has 1 heterocycles. The quantitative estimate of drug-likeness (QED) is 0.560. The van der Waals surface area contributed by atoms with Gasteiger partial charge in [-0.15, -0.1) is 0 Å². The van der Waals surface area contributed by atoms with Crippen LogP contribution in [0.2, 0.25) is 0 Å². The Kier molecular flexibility index (Phi) is 6.66. The number of carbonyl (C=O) groups excluding carboxylic acids is 1. The van der Waals surface area contributed by atoms with E-state index in [-0.39, 0.29) is 6.61 Å². The highest BCUT2D eigenvalue weighted by molar-refractivity contribution is 5.98. The highest BCUT2D eigenvalue weighted by Gasteiger charge is 2.39. The van der Waals surface area contributed by atoms with E-state index < -0.39 is 18.1 Å². The molecule has 0 unspecified atom stereocenters. The molecule has 28 heavy (non-hydrogen) atoms. The molecule has 6 heteroatoms. The van der Waals surface area contributed by atoms with Crippen molar-refractivity contribution in [1.82, 2.24) is 0 Å².